The van der Waals surface area contributed by atoms with E-state index in [-0.39, 0.29) is 23.0 Å². The van der Waals surface area contributed by atoms with E-state index in [0.29, 0.717) is 37.5 Å². The topological polar surface area (TPSA) is 185 Å². The zero-order chi connectivity index (χ0) is 29.1. The van der Waals surface area contributed by atoms with Gasteiger partial charge in [-0.05, 0) is 92.4 Å². The zero-order valence-corrected chi connectivity index (χ0v) is 25.3. The van der Waals surface area contributed by atoms with Gasteiger partial charge in [0.05, 0.1) is 0 Å². The number of fused-ring (bicyclic) bond motifs is 5. The van der Waals surface area contributed by atoms with Crippen LogP contribution >= 0.6 is 27.0 Å². The number of carbonyl (C=O) groups is 1. The molecule has 10 nitrogen and oxygen atoms in total. The van der Waals surface area contributed by atoms with Crippen molar-refractivity contribution >= 4 is 32.9 Å². The number of aryl methyl sites for hydroxylation is 1. The molecule has 224 valence electrons. The quantitative estimate of drug-likeness (QED) is 0.222. The van der Waals surface area contributed by atoms with Crippen LogP contribution in [0.25, 0.3) is 0 Å². The third kappa shape index (κ3) is 5.46. The minimum Gasteiger partial charge on any atom is -0.508 e. The molecule has 5 unspecified atom stereocenters. The summed E-state index contributed by atoms with van der Waals surface area (Å²) in [6.45, 7) is 2.05. The first-order chi connectivity index (χ1) is 18.6. The smallest absolute Gasteiger partial charge is 0.341 e. The number of hydrogen-bond acceptors (Lipinski definition) is 6. The van der Waals surface area contributed by atoms with Crippen molar-refractivity contribution in [1.82, 2.24) is 5.32 Å². The first-order valence-electron chi connectivity index (χ1n) is 14.2. The second-order valence-electron chi connectivity index (χ2n) is 12.5. The van der Waals surface area contributed by atoms with Gasteiger partial charge < -0.3 is 35.1 Å². The molecule has 7 N–H and O–H groups in total. The summed E-state index contributed by atoms with van der Waals surface area (Å²) in [5.41, 5.74) is 0.347. The number of phenols is 1. The number of hydrogen-bond donors (Lipinski definition) is 7. The molecule has 5 rings (SSSR count). The van der Waals surface area contributed by atoms with Crippen LogP contribution in [-0.4, -0.2) is 63.7 Å². The standard InChI is InChI=1S/C27H41NO9P2S/c1-26-12-10-19-18-9-7-17(29)14-16(18)6-8-20(19)21(26)11-13-27(26,31)25(30)28-22-4-2-3-5-23(22)40-15-24(38(32,33)34)39(35,36)37/h7,9,14,19-24,29,31H,2-6,8,10-13,15H2,1H3,(H,28,30)(H2,32,33,34)(H2,35,36,37)/t19?,20?,21?,22?,23?,26-,27-/m0/s1. The summed E-state index contributed by atoms with van der Waals surface area (Å²) in [5, 5.41) is 22.7. The normalized spacial score (nSPS) is 36.0. The van der Waals surface area contributed by atoms with Gasteiger partial charge >= 0.3 is 15.2 Å². The molecular formula is C27H41NO9P2S. The third-order valence-electron chi connectivity index (χ3n) is 10.5. The number of thioether (sulfide) groups is 1. The summed E-state index contributed by atoms with van der Waals surface area (Å²) in [7, 11) is -10.0. The van der Waals surface area contributed by atoms with Crippen molar-refractivity contribution in [2.24, 2.45) is 17.3 Å². The summed E-state index contributed by atoms with van der Waals surface area (Å²) in [5.74, 6) is 0.348. The number of rotatable bonds is 7. The minimum absolute atomic E-state index is 0.188. The lowest BCUT2D eigenvalue weighted by atomic mass is 9.53. The monoisotopic (exact) mass is 617 g/mol. The number of aromatic hydroxyl groups is 1. The molecule has 0 radical (unpaired) electrons. The Kier molecular flexibility index (Phi) is 8.39. The van der Waals surface area contributed by atoms with Crippen LogP contribution in [0, 0.1) is 17.3 Å². The highest BCUT2D eigenvalue weighted by Gasteiger charge is 2.64. The maximum Gasteiger partial charge on any atom is 0.341 e. The van der Waals surface area contributed by atoms with Crippen molar-refractivity contribution in [3.05, 3.63) is 29.3 Å². The van der Waals surface area contributed by atoms with Gasteiger partial charge in [0, 0.05) is 22.5 Å². The number of benzene rings is 1. The first-order valence-corrected chi connectivity index (χ1v) is 18.6. The maximum atomic E-state index is 13.8. The Morgan fingerprint density at radius 2 is 1.75 bits per heavy atom. The number of amides is 1. The molecular weight excluding hydrogens is 576 g/mol. The second-order valence-corrected chi connectivity index (χ2v) is 17.8. The van der Waals surface area contributed by atoms with E-state index >= 15 is 0 Å². The van der Waals surface area contributed by atoms with Gasteiger partial charge in [0.15, 0.2) is 5.40 Å². The van der Waals surface area contributed by atoms with Crippen molar-refractivity contribution in [1.29, 1.82) is 0 Å². The molecule has 13 heteroatoms. The van der Waals surface area contributed by atoms with Gasteiger partial charge in [-0.15, -0.1) is 0 Å². The minimum atomic E-state index is -5.02. The maximum absolute atomic E-state index is 13.8. The van der Waals surface area contributed by atoms with Crippen molar-refractivity contribution < 1.29 is 43.7 Å². The van der Waals surface area contributed by atoms with Gasteiger partial charge in [0.2, 0.25) is 0 Å². The van der Waals surface area contributed by atoms with E-state index in [1.54, 1.807) is 6.07 Å². The van der Waals surface area contributed by atoms with Crippen LogP contribution in [0.4, 0.5) is 0 Å². The summed E-state index contributed by atoms with van der Waals surface area (Å²) in [4.78, 5) is 51.9. The Morgan fingerprint density at radius 3 is 2.45 bits per heavy atom. The predicted octanol–water partition coefficient (Wildman–Crippen LogP) is 3.82. The second kappa shape index (κ2) is 11.0. The van der Waals surface area contributed by atoms with E-state index in [1.807, 2.05) is 19.1 Å². The number of aliphatic hydroxyl groups is 1. The largest absolute Gasteiger partial charge is 0.508 e. The molecule has 0 aromatic heterocycles. The van der Waals surface area contributed by atoms with Gasteiger partial charge in [-0.2, -0.15) is 11.8 Å². The lowest BCUT2D eigenvalue weighted by molar-refractivity contribution is -0.160. The van der Waals surface area contributed by atoms with Gasteiger partial charge in [-0.3, -0.25) is 13.9 Å². The van der Waals surface area contributed by atoms with Crippen LogP contribution in [-0.2, 0) is 20.3 Å². The molecule has 40 heavy (non-hydrogen) atoms. The van der Waals surface area contributed by atoms with E-state index < -0.39 is 43.3 Å². The fourth-order valence-corrected chi connectivity index (χ4v) is 13.1. The van der Waals surface area contributed by atoms with Gasteiger partial charge in [0.1, 0.15) is 11.4 Å². The number of carbonyl (C=O) groups excluding carboxylic acids is 1. The lowest BCUT2D eigenvalue weighted by Crippen LogP contribution is -2.61. The highest BCUT2D eigenvalue weighted by molar-refractivity contribution is 8.00. The molecule has 0 aliphatic heterocycles. The van der Waals surface area contributed by atoms with Crippen LogP contribution in [0.3, 0.4) is 0 Å². The van der Waals surface area contributed by atoms with E-state index in [4.69, 9.17) is 0 Å². The van der Waals surface area contributed by atoms with E-state index in [1.165, 1.54) is 11.1 Å². The van der Waals surface area contributed by atoms with Crippen LogP contribution in [0.5, 0.6) is 5.75 Å². The number of nitrogens with one attached hydrogen (secondary N) is 1. The molecule has 1 amide bonds. The van der Waals surface area contributed by atoms with Crippen LogP contribution in [0.15, 0.2) is 18.2 Å². The molecule has 0 heterocycles. The highest BCUT2D eigenvalue weighted by Crippen LogP contribution is 2.65. The SMILES string of the molecule is C[C@]12CCC3c4ccc(O)cc4CCC3C1CC[C@]2(O)C(=O)NC1CCCCC1SCC(P(=O)(O)O)P(=O)(O)O. The third-order valence-corrected chi connectivity index (χ3v) is 16.2. The molecule has 0 spiro atoms. The average molecular weight is 618 g/mol. The highest BCUT2D eigenvalue weighted by atomic mass is 32.2. The molecule has 0 bridgehead atoms. The van der Waals surface area contributed by atoms with Crippen molar-refractivity contribution in [2.75, 3.05) is 5.75 Å². The van der Waals surface area contributed by atoms with Crippen molar-refractivity contribution in [3.63, 3.8) is 0 Å². The molecule has 4 aliphatic carbocycles. The van der Waals surface area contributed by atoms with Crippen LogP contribution in [0.1, 0.15) is 81.8 Å². The molecule has 3 fully saturated rings. The molecule has 0 saturated heterocycles. The summed E-state index contributed by atoms with van der Waals surface area (Å²) in [6, 6.07) is 5.27. The van der Waals surface area contributed by atoms with Crippen molar-refractivity contribution in [2.45, 2.75) is 99.3 Å². The van der Waals surface area contributed by atoms with Gasteiger partial charge in [0.25, 0.3) is 5.91 Å². The fourth-order valence-electron chi connectivity index (χ4n) is 8.31. The van der Waals surface area contributed by atoms with Crippen LogP contribution < -0.4 is 5.32 Å². The summed E-state index contributed by atoms with van der Waals surface area (Å²) >= 11 is 1.08. The van der Waals surface area contributed by atoms with Gasteiger partial charge in [-0.1, -0.05) is 25.8 Å². The zero-order valence-electron chi connectivity index (χ0n) is 22.7. The Bertz CT molecular complexity index is 1210. The van der Waals surface area contributed by atoms with E-state index in [0.717, 1.165) is 50.3 Å². The molecule has 1 aromatic carbocycles. The Hall–Kier alpha value is -0.900. The lowest BCUT2D eigenvalue weighted by Gasteiger charge is -2.53. The molecule has 4 aliphatic rings. The summed E-state index contributed by atoms with van der Waals surface area (Å²) in [6.07, 6.45) is 7.47. The molecule has 7 atom stereocenters. The fraction of sp³-hybridized carbons (Fsp3) is 0.741. The predicted molar refractivity (Wildman–Crippen MR) is 152 cm³/mol. The Labute approximate surface area is 239 Å². The summed E-state index contributed by atoms with van der Waals surface area (Å²) < 4.78 is 23.5. The Morgan fingerprint density at radius 1 is 1.05 bits per heavy atom. The van der Waals surface area contributed by atoms with E-state index in [9.17, 15) is 43.7 Å². The van der Waals surface area contributed by atoms with Crippen molar-refractivity contribution in [3.8, 4) is 5.75 Å². The van der Waals surface area contributed by atoms with Crippen LogP contribution in [0.2, 0.25) is 0 Å². The Balaban J connectivity index is 1.30. The van der Waals surface area contributed by atoms with Gasteiger partial charge in [-0.25, -0.2) is 0 Å². The molecule has 3 saturated carbocycles. The first kappa shape index (κ1) is 30.6. The van der Waals surface area contributed by atoms with E-state index in [2.05, 4.69) is 5.32 Å². The molecule has 1 aromatic rings. The number of phenolic OH excluding ortho intramolecular Hbond substituents is 1. The average Bonchev–Trinajstić information content (AvgIpc) is 3.15.